The Kier molecular flexibility index (Phi) is 7.52. The molecule has 0 saturated carbocycles. The van der Waals surface area contributed by atoms with Crippen molar-refractivity contribution >= 4 is 34.0 Å². The summed E-state index contributed by atoms with van der Waals surface area (Å²) >= 11 is 3.67. The smallest absolute Gasteiger partial charge is 0.296 e. The predicted octanol–water partition coefficient (Wildman–Crippen LogP) is 6.98. The highest BCUT2D eigenvalue weighted by Crippen LogP contribution is 2.64. The molecule has 1 aromatic heterocycles. The van der Waals surface area contributed by atoms with Crippen molar-refractivity contribution in [3.8, 4) is 0 Å². The maximum atomic E-state index is 13.8. The second kappa shape index (κ2) is 8.41. The van der Waals surface area contributed by atoms with Crippen molar-refractivity contribution in [3.63, 3.8) is 0 Å². The summed E-state index contributed by atoms with van der Waals surface area (Å²) in [7, 11) is 0. The number of aryl methyl sites for hydroxylation is 2. The molecule has 204 valence electrons. The van der Waals surface area contributed by atoms with Crippen LogP contribution in [-0.2, 0) is 4.79 Å². The van der Waals surface area contributed by atoms with Gasteiger partial charge in [0.2, 0.25) is 0 Å². The number of hydrogen-bond donors (Lipinski definition) is 1. The quantitative estimate of drug-likeness (QED) is 0.249. The topological polar surface area (TPSA) is 42.0 Å². The molecule has 0 spiro atoms. The summed E-state index contributed by atoms with van der Waals surface area (Å²) in [5, 5.41) is -7.10. The van der Waals surface area contributed by atoms with Gasteiger partial charge in [0.25, 0.3) is 0 Å². The molecule has 1 aromatic rings. The third-order valence-electron chi connectivity index (χ3n) is 4.26. The highest BCUT2D eigenvalue weighted by Gasteiger charge is 2.95. The van der Waals surface area contributed by atoms with Crippen molar-refractivity contribution in [2.24, 2.45) is 0 Å². The molecule has 1 heterocycles. The summed E-state index contributed by atoms with van der Waals surface area (Å²) in [6.07, 6.45) is 0. The monoisotopic (exact) mass is 590 g/mol. The first-order valence-electron chi connectivity index (χ1n) is 8.02. The lowest BCUT2D eigenvalue weighted by atomic mass is 9.89. The van der Waals surface area contributed by atoms with Gasteiger partial charge in [0.05, 0.1) is 5.69 Å². The van der Waals surface area contributed by atoms with Gasteiger partial charge in [-0.15, -0.1) is 11.3 Å². The fraction of sp³-hybridized carbons (Fsp3) is 0.714. The van der Waals surface area contributed by atoms with E-state index >= 15 is 0 Å². The molecule has 1 amide bonds. The zero-order valence-corrected chi connectivity index (χ0v) is 17.8. The molecule has 0 fully saturated rings. The lowest BCUT2D eigenvalue weighted by molar-refractivity contribution is -0.445. The molecule has 0 bridgehead atoms. The van der Waals surface area contributed by atoms with Gasteiger partial charge in [0, 0.05) is 4.88 Å². The van der Waals surface area contributed by atoms with E-state index in [0.29, 0.717) is 0 Å². The van der Waals surface area contributed by atoms with Gasteiger partial charge in [-0.3, -0.25) is 10.1 Å². The van der Waals surface area contributed by atoms with Crippen LogP contribution < -0.4 is 5.32 Å². The minimum absolute atomic E-state index is 0.0452. The molecule has 21 heteroatoms. The summed E-state index contributed by atoms with van der Waals surface area (Å²) in [5.41, 5.74) is -0.0452. The summed E-state index contributed by atoms with van der Waals surface area (Å²) in [6.45, 7) is 2.37. The first-order valence-corrected chi connectivity index (χ1v) is 9.22. The minimum atomic E-state index is -8.63. The standard InChI is InChI=1S/C14H7ClF16N2OS/c1-3-4(2)35-6(32-3)33-5(34)7(16,17)8(18,19)9(20,21)10(22,23)11(24,25)12(26,27)13(28,29)14(15,30)31/h1-2H3,(H,32,33,34). The van der Waals surface area contributed by atoms with Gasteiger partial charge < -0.3 is 0 Å². The number of anilines is 1. The van der Waals surface area contributed by atoms with Crippen LogP contribution in [0, 0.1) is 13.8 Å². The van der Waals surface area contributed by atoms with Crippen molar-refractivity contribution in [1.82, 2.24) is 4.98 Å². The maximum absolute atomic E-state index is 13.8. The van der Waals surface area contributed by atoms with Crippen LogP contribution in [0.5, 0.6) is 0 Å². The number of hydrogen-bond acceptors (Lipinski definition) is 3. The summed E-state index contributed by atoms with van der Waals surface area (Å²) < 4.78 is 214. The maximum Gasteiger partial charge on any atom is 0.393 e. The van der Waals surface area contributed by atoms with Gasteiger partial charge in [-0.25, -0.2) is 4.98 Å². The number of aromatic nitrogens is 1. The number of halogens is 17. The van der Waals surface area contributed by atoms with E-state index in [0.717, 1.165) is 12.2 Å². The Hall–Kier alpha value is -1.73. The average molecular weight is 591 g/mol. The van der Waals surface area contributed by atoms with Crippen LogP contribution in [0.4, 0.5) is 75.4 Å². The van der Waals surface area contributed by atoms with Gasteiger partial charge in [0.1, 0.15) is 0 Å². The molecular weight excluding hydrogens is 584 g/mol. The van der Waals surface area contributed by atoms with Crippen LogP contribution in [0.1, 0.15) is 10.6 Å². The van der Waals surface area contributed by atoms with Crippen LogP contribution in [-0.4, -0.2) is 57.7 Å². The first kappa shape index (κ1) is 31.3. The van der Waals surface area contributed by atoms with Crippen molar-refractivity contribution in [2.45, 2.75) is 60.7 Å². The SMILES string of the molecule is Cc1nc(NC(=O)C(F)(F)C(F)(F)C(F)(F)C(F)(F)C(F)(F)C(F)(F)C(F)(F)C(F)(F)Cl)sc1C. The molecule has 0 aromatic carbocycles. The molecule has 0 saturated heterocycles. The van der Waals surface area contributed by atoms with E-state index in [4.69, 9.17) is 0 Å². The molecule has 35 heavy (non-hydrogen) atoms. The number of rotatable bonds is 9. The van der Waals surface area contributed by atoms with Crippen LogP contribution in [0.15, 0.2) is 0 Å². The van der Waals surface area contributed by atoms with E-state index < -0.39 is 57.9 Å². The average Bonchev–Trinajstić information content (AvgIpc) is 2.96. The first-order chi connectivity index (χ1) is 15.1. The lowest BCUT2D eigenvalue weighted by Gasteiger charge is -2.42. The van der Waals surface area contributed by atoms with E-state index in [1.54, 1.807) is 0 Å². The molecule has 1 N–H and O–H groups in total. The van der Waals surface area contributed by atoms with Gasteiger partial charge in [-0.1, -0.05) is 0 Å². The third-order valence-corrected chi connectivity index (χ3v) is 5.48. The molecule has 0 aliphatic rings. The number of nitrogens with zero attached hydrogens (tertiary/aromatic N) is 1. The van der Waals surface area contributed by atoms with Crippen LogP contribution in [0.3, 0.4) is 0 Å². The number of nitrogens with one attached hydrogen (secondary N) is 1. The van der Waals surface area contributed by atoms with Crippen molar-refractivity contribution < 1.29 is 75.0 Å². The van der Waals surface area contributed by atoms with E-state index in [-0.39, 0.29) is 21.9 Å². The number of alkyl halides is 17. The fourth-order valence-electron chi connectivity index (χ4n) is 2.01. The van der Waals surface area contributed by atoms with Crippen LogP contribution in [0.25, 0.3) is 0 Å². The largest absolute Gasteiger partial charge is 0.393 e. The molecule has 0 aliphatic carbocycles. The molecule has 3 nitrogen and oxygen atoms in total. The molecule has 0 unspecified atom stereocenters. The third kappa shape index (κ3) is 4.26. The molecule has 0 radical (unpaired) electrons. The minimum Gasteiger partial charge on any atom is -0.296 e. The number of carbonyl (C=O) groups is 1. The van der Waals surface area contributed by atoms with E-state index in [2.05, 4.69) is 16.6 Å². The highest BCUT2D eigenvalue weighted by molar-refractivity contribution is 7.15. The Bertz CT molecular complexity index is 950. The Morgan fingerprint density at radius 2 is 1.03 bits per heavy atom. The zero-order chi connectivity index (χ0) is 28.4. The van der Waals surface area contributed by atoms with E-state index in [1.165, 1.54) is 6.92 Å². The second-order valence-corrected chi connectivity index (χ2v) is 8.31. The Morgan fingerprint density at radius 1 is 0.686 bits per heavy atom. The summed E-state index contributed by atoms with van der Waals surface area (Å²) in [4.78, 5) is 14.8. The number of carbonyl (C=O) groups excluding carboxylic acids is 1. The lowest BCUT2D eigenvalue weighted by Crippen LogP contribution is -2.75. The van der Waals surface area contributed by atoms with Crippen LogP contribution in [0.2, 0.25) is 0 Å². The second-order valence-electron chi connectivity index (χ2n) is 6.63. The predicted molar refractivity (Wildman–Crippen MR) is 85.6 cm³/mol. The normalized spacial score (nSPS) is 15.4. The highest BCUT2D eigenvalue weighted by atomic mass is 35.5. The van der Waals surface area contributed by atoms with E-state index in [1.807, 2.05) is 0 Å². The Labute approximate surface area is 191 Å². The van der Waals surface area contributed by atoms with Crippen molar-refractivity contribution in [3.05, 3.63) is 10.6 Å². The Morgan fingerprint density at radius 3 is 1.34 bits per heavy atom. The van der Waals surface area contributed by atoms with Gasteiger partial charge in [-0.05, 0) is 25.4 Å². The molecular formula is C14H7ClF16N2OS. The summed E-state index contributed by atoms with van der Waals surface area (Å²) in [5.74, 6) is -60.6. The van der Waals surface area contributed by atoms with Crippen molar-refractivity contribution in [2.75, 3.05) is 5.32 Å². The van der Waals surface area contributed by atoms with E-state index in [9.17, 15) is 75.0 Å². The van der Waals surface area contributed by atoms with Crippen LogP contribution >= 0.6 is 22.9 Å². The van der Waals surface area contributed by atoms with Gasteiger partial charge in [-0.2, -0.15) is 70.2 Å². The van der Waals surface area contributed by atoms with Crippen molar-refractivity contribution in [1.29, 1.82) is 0 Å². The zero-order valence-electron chi connectivity index (χ0n) is 16.2. The number of amides is 1. The molecule has 1 rings (SSSR count). The molecule has 0 aliphatic heterocycles. The van der Waals surface area contributed by atoms with Gasteiger partial charge in [0.15, 0.2) is 5.13 Å². The summed E-state index contributed by atoms with van der Waals surface area (Å²) in [6, 6.07) is 0. The fourth-order valence-corrected chi connectivity index (χ4v) is 2.94. The number of thiazole rings is 1. The van der Waals surface area contributed by atoms with Gasteiger partial charge >= 0.3 is 52.7 Å². The Balaban J connectivity index is 3.57. The molecule has 0 atom stereocenters.